The highest BCUT2D eigenvalue weighted by atomic mass is 16.5. The number of hydrogen-bond donors (Lipinski definition) is 1. The van der Waals surface area contributed by atoms with Crippen LogP contribution in [-0.2, 0) is 11.3 Å². The monoisotopic (exact) mass is 329 g/mol. The summed E-state index contributed by atoms with van der Waals surface area (Å²) in [4.78, 5) is 4.60. The van der Waals surface area contributed by atoms with Gasteiger partial charge in [-0.15, -0.1) is 5.10 Å². The van der Waals surface area contributed by atoms with Gasteiger partial charge < -0.3 is 9.84 Å². The number of aliphatic hydroxyl groups is 1. The van der Waals surface area contributed by atoms with Crippen molar-refractivity contribution in [1.29, 1.82) is 0 Å². The highest BCUT2D eigenvalue weighted by Gasteiger charge is 2.36. The number of benzene rings is 1. The number of para-hydroxylation sites is 1. The van der Waals surface area contributed by atoms with E-state index < -0.39 is 0 Å². The van der Waals surface area contributed by atoms with Crippen molar-refractivity contribution in [2.24, 2.45) is 0 Å². The lowest BCUT2D eigenvalue weighted by Crippen LogP contribution is -2.48. The zero-order chi connectivity index (χ0) is 16.4. The number of β-amino-alcohol motifs (C(OH)–C–C–N with tert-alkyl or cyclic N) is 1. The number of ether oxygens (including phenoxy) is 1. The van der Waals surface area contributed by atoms with E-state index >= 15 is 0 Å². The predicted molar refractivity (Wildman–Crippen MR) is 88.8 cm³/mol. The molecule has 2 atom stereocenters. The SMILES string of the molecule is O[C@H]1CN(Cc2cn(-c3ccccc3)nn2)C[C@@H]1N1CCOCC1. The lowest BCUT2D eigenvalue weighted by molar-refractivity contribution is -0.00618. The number of morpholine rings is 1. The van der Waals surface area contributed by atoms with Crippen LogP contribution in [0.1, 0.15) is 5.69 Å². The molecule has 0 bridgehead atoms. The molecule has 2 aliphatic heterocycles. The second-order valence-corrected chi connectivity index (χ2v) is 6.47. The molecule has 1 aromatic heterocycles. The van der Waals surface area contributed by atoms with Gasteiger partial charge in [-0.25, -0.2) is 4.68 Å². The zero-order valence-corrected chi connectivity index (χ0v) is 13.7. The van der Waals surface area contributed by atoms with Crippen LogP contribution in [0.3, 0.4) is 0 Å². The van der Waals surface area contributed by atoms with Crippen LogP contribution in [0, 0.1) is 0 Å². The molecule has 1 aromatic carbocycles. The number of likely N-dealkylation sites (tertiary alicyclic amines) is 1. The van der Waals surface area contributed by atoms with Crippen LogP contribution in [0.4, 0.5) is 0 Å². The Morgan fingerprint density at radius 2 is 1.92 bits per heavy atom. The molecule has 128 valence electrons. The average Bonchev–Trinajstić information content (AvgIpc) is 3.23. The summed E-state index contributed by atoms with van der Waals surface area (Å²) >= 11 is 0. The van der Waals surface area contributed by atoms with Crippen LogP contribution in [0.2, 0.25) is 0 Å². The maximum atomic E-state index is 10.4. The highest BCUT2D eigenvalue weighted by Crippen LogP contribution is 2.19. The highest BCUT2D eigenvalue weighted by molar-refractivity contribution is 5.29. The fourth-order valence-electron chi connectivity index (χ4n) is 3.55. The van der Waals surface area contributed by atoms with Gasteiger partial charge in [0, 0.05) is 38.8 Å². The third kappa shape index (κ3) is 3.34. The number of nitrogens with zero attached hydrogens (tertiary/aromatic N) is 5. The molecule has 3 heterocycles. The standard InChI is InChI=1S/C17H23N5O2/c23-17-13-20(12-16(17)21-6-8-24-9-7-21)10-14-11-22(19-18-14)15-4-2-1-3-5-15/h1-5,11,16-17,23H,6-10,12-13H2/t16-,17-/m0/s1. The summed E-state index contributed by atoms with van der Waals surface area (Å²) < 4.78 is 7.20. The molecule has 0 spiro atoms. The summed E-state index contributed by atoms with van der Waals surface area (Å²) in [5.74, 6) is 0. The van der Waals surface area contributed by atoms with Crippen molar-refractivity contribution in [3.8, 4) is 5.69 Å². The molecule has 2 aliphatic rings. The van der Waals surface area contributed by atoms with Crippen LogP contribution >= 0.6 is 0 Å². The van der Waals surface area contributed by atoms with Gasteiger partial charge in [0.25, 0.3) is 0 Å². The van der Waals surface area contributed by atoms with Crippen LogP contribution in [0.25, 0.3) is 5.69 Å². The van der Waals surface area contributed by atoms with Crippen LogP contribution in [-0.4, -0.2) is 81.4 Å². The fourth-order valence-corrected chi connectivity index (χ4v) is 3.55. The van der Waals surface area contributed by atoms with Crippen LogP contribution < -0.4 is 0 Å². The summed E-state index contributed by atoms with van der Waals surface area (Å²) in [6.07, 6.45) is 1.65. The first-order valence-corrected chi connectivity index (χ1v) is 8.48. The topological polar surface area (TPSA) is 66.7 Å². The number of aliphatic hydroxyl groups excluding tert-OH is 1. The minimum absolute atomic E-state index is 0.193. The van der Waals surface area contributed by atoms with Crippen molar-refractivity contribution in [3.05, 3.63) is 42.2 Å². The van der Waals surface area contributed by atoms with E-state index in [1.807, 2.05) is 36.5 Å². The summed E-state index contributed by atoms with van der Waals surface area (Å²) in [5, 5.41) is 18.9. The Labute approximate surface area is 141 Å². The molecule has 24 heavy (non-hydrogen) atoms. The van der Waals surface area contributed by atoms with Gasteiger partial charge in [0.15, 0.2) is 0 Å². The Morgan fingerprint density at radius 3 is 2.71 bits per heavy atom. The number of aromatic nitrogens is 3. The molecule has 0 amide bonds. The van der Waals surface area contributed by atoms with Crippen molar-refractivity contribution in [2.75, 3.05) is 39.4 Å². The van der Waals surface area contributed by atoms with Gasteiger partial charge in [0.2, 0.25) is 0 Å². The minimum Gasteiger partial charge on any atom is -0.390 e. The molecular formula is C17H23N5O2. The Hall–Kier alpha value is -1.80. The van der Waals surface area contributed by atoms with E-state index in [2.05, 4.69) is 20.1 Å². The Bertz CT molecular complexity index is 656. The van der Waals surface area contributed by atoms with E-state index in [4.69, 9.17) is 4.74 Å². The smallest absolute Gasteiger partial charge is 0.0971 e. The molecule has 0 saturated carbocycles. The van der Waals surface area contributed by atoms with Gasteiger partial charge in [-0.05, 0) is 12.1 Å². The number of rotatable bonds is 4. The van der Waals surface area contributed by atoms with Crippen molar-refractivity contribution in [3.63, 3.8) is 0 Å². The molecule has 7 heteroatoms. The fraction of sp³-hybridized carbons (Fsp3) is 0.529. The molecular weight excluding hydrogens is 306 g/mol. The van der Waals surface area contributed by atoms with Crippen molar-refractivity contribution >= 4 is 0 Å². The quantitative estimate of drug-likeness (QED) is 0.861. The molecule has 0 aliphatic carbocycles. The van der Waals surface area contributed by atoms with E-state index in [0.717, 1.165) is 44.2 Å². The first-order valence-electron chi connectivity index (χ1n) is 8.48. The lowest BCUT2D eigenvalue weighted by Gasteiger charge is -2.33. The second kappa shape index (κ2) is 6.98. The van der Waals surface area contributed by atoms with Gasteiger partial charge in [0.05, 0.1) is 36.9 Å². The molecule has 2 fully saturated rings. The largest absolute Gasteiger partial charge is 0.390 e. The van der Waals surface area contributed by atoms with Gasteiger partial charge in [-0.3, -0.25) is 9.80 Å². The third-order valence-corrected chi connectivity index (χ3v) is 4.80. The second-order valence-electron chi connectivity index (χ2n) is 6.47. The van der Waals surface area contributed by atoms with Gasteiger partial charge in [-0.1, -0.05) is 23.4 Å². The van der Waals surface area contributed by atoms with E-state index in [1.54, 1.807) is 4.68 Å². The van der Waals surface area contributed by atoms with Crippen molar-refractivity contribution in [2.45, 2.75) is 18.7 Å². The van der Waals surface area contributed by atoms with E-state index in [1.165, 1.54) is 0 Å². The molecule has 7 nitrogen and oxygen atoms in total. The lowest BCUT2D eigenvalue weighted by atomic mass is 10.2. The summed E-state index contributed by atoms with van der Waals surface area (Å²) in [6.45, 7) is 5.58. The molecule has 0 radical (unpaired) electrons. The summed E-state index contributed by atoms with van der Waals surface area (Å²) in [7, 11) is 0. The van der Waals surface area contributed by atoms with Crippen LogP contribution in [0.5, 0.6) is 0 Å². The third-order valence-electron chi connectivity index (χ3n) is 4.80. The summed E-state index contributed by atoms with van der Waals surface area (Å²) in [5.41, 5.74) is 1.93. The number of hydrogen-bond acceptors (Lipinski definition) is 6. The molecule has 2 saturated heterocycles. The Kier molecular flexibility index (Phi) is 4.57. The van der Waals surface area contributed by atoms with Crippen molar-refractivity contribution < 1.29 is 9.84 Å². The van der Waals surface area contributed by atoms with Gasteiger partial charge in [0.1, 0.15) is 0 Å². The molecule has 4 rings (SSSR count). The average molecular weight is 329 g/mol. The predicted octanol–water partition coefficient (Wildman–Crippen LogP) is 0.145. The van der Waals surface area contributed by atoms with E-state index in [9.17, 15) is 5.11 Å². The Balaban J connectivity index is 1.38. The van der Waals surface area contributed by atoms with Gasteiger partial charge in [-0.2, -0.15) is 0 Å². The first kappa shape index (κ1) is 15.7. The summed E-state index contributed by atoms with van der Waals surface area (Å²) in [6, 6.07) is 10.2. The van der Waals surface area contributed by atoms with Gasteiger partial charge >= 0.3 is 0 Å². The molecule has 0 unspecified atom stereocenters. The maximum absolute atomic E-state index is 10.4. The Morgan fingerprint density at radius 1 is 1.12 bits per heavy atom. The maximum Gasteiger partial charge on any atom is 0.0971 e. The van der Waals surface area contributed by atoms with Crippen molar-refractivity contribution in [1.82, 2.24) is 24.8 Å². The molecule has 1 N–H and O–H groups in total. The zero-order valence-electron chi connectivity index (χ0n) is 13.7. The van der Waals surface area contributed by atoms with E-state index in [0.29, 0.717) is 13.1 Å². The van der Waals surface area contributed by atoms with E-state index in [-0.39, 0.29) is 12.1 Å². The molecule has 2 aromatic rings. The van der Waals surface area contributed by atoms with Crippen LogP contribution in [0.15, 0.2) is 36.5 Å². The first-order chi connectivity index (χ1) is 11.8. The minimum atomic E-state index is -0.313. The normalized spacial score (nSPS) is 26.0.